The normalized spacial score (nSPS) is 16.6. The van der Waals surface area contributed by atoms with Gasteiger partial charge in [-0.2, -0.15) is 0 Å². The summed E-state index contributed by atoms with van der Waals surface area (Å²) in [7, 11) is 0. The Morgan fingerprint density at radius 3 is 2.69 bits per heavy atom. The number of nitrogens with one attached hydrogen (secondary N) is 1. The van der Waals surface area contributed by atoms with E-state index < -0.39 is 5.60 Å². The maximum Gasteiger partial charge on any atom is 0.407 e. The number of nitrogens with zero attached hydrogens (tertiary/aromatic N) is 4. The summed E-state index contributed by atoms with van der Waals surface area (Å²) < 4.78 is 7.78. The van der Waals surface area contributed by atoms with E-state index in [2.05, 4.69) is 20.5 Å². The molecule has 0 saturated carbocycles. The van der Waals surface area contributed by atoms with E-state index in [1.807, 2.05) is 45.0 Å². The molecule has 8 heteroatoms. The summed E-state index contributed by atoms with van der Waals surface area (Å²) in [6.07, 6.45) is 1.39. The monoisotopic (exact) mass is 375 g/mol. The first kappa shape index (κ1) is 18.7. The SMILES string of the molecule is CC(C)(C)OC(=O)NC1CCN(Cn2nnc3ccccc3c2=S)CC1. The third-order valence-corrected chi connectivity index (χ3v) is 4.70. The second kappa shape index (κ2) is 7.67. The molecule has 0 aliphatic carbocycles. The minimum atomic E-state index is -0.476. The van der Waals surface area contributed by atoms with Gasteiger partial charge in [-0.3, -0.25) is 4.90 Å². The van der Waals surface area contributed by atoms with Gasteiger partial charge < -0.3 is 10.1 Å². The van der Waals surface area contributed by atoms with E-state index in [-0.39, 0.29) is 12.1 Å². The number of fused-ring (bicyclic) bond motifs is 1. The summed E-state index contributed by atoms with van der Waals surface area (Å²) in [6.45, 7) is 7.92. The number of hydrogen-bond donors (Lipinski definition) is 1. The Bertz CT molecular complexity index is 837. The molecule has 0 bridgehead atoms. The summed E-state index contributed by atoms with van der Waals surface area (Å²) >= 11 is 5.55. The zero-order valence-electron chi connectivity index (χ0n) is 15.4. The fraction of sp³-hybridized carbons (Fsp3) is 0.556. The minimum absolute atomic E-state index is 0.136. The molecule has 3 rings (SSSR count). The number of rotatable bonds is 3. The summed E-state index contributed by atoms with van der Waals surface area (Å²) in [5, 5.41) is 12.4. The summed E-state index contributed by atoms with van der Waals surface area (Å²) in [5.74, 6) is 0. The van der Waals surface area contributed by atoms with Crippen molar-refractivity contribution in [1.82, 2.24) is 25.2 Å². The van der Waals surface area contributed by atoms with E-state index in [0.29, 0.717) is 11.3 Å². The molecule has 1 saturated heterocycles. The largest absolute Gasteiger partial charge is 0.444 e. The molecule has 1 aliphatic rings. The molecule has 0 radical (unpaired) electrons. The van der Waals surface area contributed by atoms with Gasteiger partial charge in [0.1, 0.15) is 10.2 Å². The molecule has 0 atom stereocenters. The lowest BCUT2D eigenvalue weighted by molar-refractivity contribution is 0.0470. The number of hydrogen-bond acceptors (Lipinski definition) is 6. The van der Waals surface area contributed by atoms with Crippen LogP contribution in [0.3, 0.4) is 0 Å². The van der Waals surface area contributed by atoms with E-state index >= 15 is 0 Å². The van der Waals surface area contributed by atoms with Gasteiger partial charge in [-0.25, -0.2) is 9.48 Å². The summed E-state index contributed by atoms with van der Waals surface area (Å²) in [6, 6.07) is 7.91. The predicted molar refractivity (Wildman–Crippen MR) is 102 cm³/mol. The highest BCUT2D eigenvalue weighted by Gasteiger charge is 2.23. The molecule has 2 aromatic rings. The van der Waals surface area contributed by atoms with E-state index in [4.69, 9.17) is 17.0 Å². The van der Waals surface area contributed by atoms with E-state index in [9.17, 15) is 4.79 Å². The summed E-state index contributed by atoms with van der Waals surface area (Å²) in [4.78, 5) is 14.2. The number of piperidine rings is 1. The molecule has 7 nitrogen and oxygen atoms in total. The molecular formula is C18H25N5O2S. The Labute approximate surface area is 158 Å². The van der Waals surface area contributed by atoms with Crippen LogP contribution in [-0.4, -0.2) is 50.7 Å². The van der Waals surface area contributed by atoms with Crippen LogP contribution in [0.15, 0.2) is 24.3 Å². The van der Waals surface area contributed by atoms with Gasteiger partial charge >= 0.3 is 6.09 Å². The maximum absolute atomic E-state index is 11.9. The number of ether oxygens (including phenoxy) is 1. The molecule has 1 aromatic heterocycles. The van der Waals surface area contributed by atoms with Crippen molar-refractivity contribution in [2.45, 2.75) is 51.9 Å². The third kappa shape index (κ3) is 4.76. The van der Waals surface area contributed by atoms with Crippen LogP contribution in [0.25, 0.3) is 10.9 Å². The molecule has 0 unspecified atom stereocenters. The van der Waals surface area contributed by atoms with Crippen LogP contribution in [-0.2, 0) is 11.4 Å². The Hall–Kier alpha value is -2.06. The van der Waals surface area contributed by atoms with Crippen LogP contribution in [0, 0.1) is 4.64 Å². The Morgan fingerprint density at radius 1 is 1.31 bits per heavy atom. The van der Waals surface area contributed by atoms with E-state index in [1.54, 1.807) is 4.68 Å². The molecule has 0 spiro atoms. The van der Waals surface area contributed by atoms with Crippen LogP contribution < -0.4 is 5.32 Å². The molecule has 1 fully saturated rings. The maximum atomic E-state index is 11.9. The van der Waals surface area contributed by atoms with Crippen molar-refractivity contribution in [2.24, 2.45) is 0 Å². The lowest BCUT2D eigenvalue weighted by atomic mass is 10.1. The molecule has 1 aliphatic heterocycles. The van der Waals surface area contributed by atoms with Gasteiger partial charge in [0.25, 0.3) is 0 Å². The van der Waals surface area contributed by atoms with E-state index in [0.717, 1.165) is 36.8 Å². The van der Waals surface area contributed by atoms with Crippen LogP contribution in [0.2, 0.25) is 0 Å². The van der Waals surface area contributed by atoms with Crippen molar-refractivity contribution < 1.29 is 9.53 Å². The quantitative estimate of drug-likeness (QED) is 0.831. The summed E-state index contributed by atoms with van der Waals surface area (Å²) in [5.41, 5.74) is 0.338. The molecule has 1 aromatic carbocycles. The Kier molecular flexibility index (Phi) is 5.52. The predicted octanol–water partition coefficient (Wildman–Crippen LogP) is 3.11. The fourth-order valence-corrected chi connectivity index (χ4v) is 3.27. The topological polar surface area (TPSA) is 72.3 Å². The van der Waals surface area contributed by atoms with Crippen molar-refractivity contribution in [1.29, 1.82) is 0 Å². The molecule has 1 amide bonds. The molecule has 26 heavy (non-hydrogen) atoms. The highest BCUT2D eigenvalue weighted by Crippen LogP contribution is 2.15. The first-order valence-corrected chi connectivity index (χ1v) is 9.27. The van der Waals surface area contributed by atoms with Gasteiger partial charge in [0.05, 0.1) is 12.2 Å². The van der Waals surface area contributed by atoms with Crippen molar-refractivity contribution in [3.8, 4) is 0 Å². The number of aromatic nitrogens is 3. The smallest absolute Gasteiger partial charge is 0.407 e. The molecule has 140 valence electrons. The van der Waals surface area contributed by atoms with Gasteiger partial charge in [-0.1, -0.05) is 29.6 Å². The zero-order chi connectivity index (χ0) is 18.7. The van der Waals surface area contributed by atoms with Crippen LogP contribution in [0.1, 0.15) is 33.6 Å². The number of alkyl carbamates (subject to hydrolysis) is 1. The standard InChI is InChI=1S/C18H25N5O2S/c1-18(2,3)25-17(24)19-13-8-10-22(11-9-13)12-23-16(26)14-6-4-5-7-15(14)20-21-23/h4-7,13H,8-12H2,1-3H3,(H,19,24). The van der Waals surface area contributed by atoms with Crippen molar-refractivity contribution in [3.05, 3.63) is 28.9 Å². The number of carbonyl (C=O) groups excluding carboxylic acids is 1. The molecular weight excluding hydrogens is 350 g/mol. The van der Waals surface area contributed by atoms with Gasteiger partial charge in [0, 0.05) is 24.5 Å². The first-order chi connectivity index (χ1) is 12.3. The highest BCUT2D eigenvalue weighted by atomic mass is 32.1. The number of benzene rings is 1. The zero-order valence-corrected chi connectivity index (χ0v) is 16.3. The van der Waals surface area contributed by atoms with Crippen molar-refractivity contribution >= 4 is 29.2 Å². The van der Waals surface area contributed by atoms with Gasteiger partial charge in [-0.05, 0) is 45.7 Å². The van der Waals surface area contributed by atoms with E-state index in [1.165, 1.54) is 0 Å². The number of likely N-dealkylation sites (tertiary alicyclic amines) is 1. The Morgan fingerprint density at radius 2 is 2.00 bits per heavy atom. The van der Waals surface area contributed by atoms with Crippen molar-refractivity contribution in [2.75, 3.05) is 13.1 Å². The van der Waals surface area contributed by atoms with Gasteiger partial charge in [0.15, 0.2) is 0 Å². The lowest BCUT2D eigenvalue weighted by Crippen LogP contribution is -2.46. The van der Waals surface area contributed by atoms with Gasteiger partial charge in [0.2, 0.25) is 0 Å². The Balaban J connectivity index is 1.55. The van der Waals surface area contributed by atoms with Gasteiger partial charge in [-0.15, -0.1) is 5.10 Å². The first-order valence-electron chi connectivity index (χ1n) is 8.86. The number of carbonyl (C=O) groups is 1. The average Bonchev–Trinajstić information content (AvgIpc) is 2.57. The van der Waals surface area contributed by atoms with Crippen LogP contribution >= 0.6 is 12.2 Å². The fourth-order valence-electron chi connectivity index (χ4n) is 3.00. The molecule has 2 heterocycles. The highest BCUT2D eigenvalue weighted by molar-refractivity contribution is 7.71. The minimum Gasteiger partial charge on any atom is -0.444 e. The second-order valence-corrected chi connectivity index (χ2v) is 7.98. The second-order valence-electron chi connectivity index (χ2n) is 7.59. The van der Waals surface area contributed by atoms with Crippen LogP contribution in [0.5, 0.6) is 0 Å². The van der Waals surface area contributed by atoms with Crippen molar-refractivity contribution in [3.63, 3.8) is 0 Å². The molecule has 1 N–H and O–H groups in total. The lowest BCUT2D eigenvalue weighted by Gasteiger charge is -2.32. The third-order valence-electron chi connectivity index (χ3n) is 4.27. The average molecular weight is 375 g/mol. The van der Waals surface area contributed by atoms with Crippen LogP contribution in [0.4, 0.5) is 4.79 Å². The number of amides is 1.